The van der Waals surface area contributed by atoms with E-state index in [1.807, 2.05) is 18.2 Å². The van der Waals surface area contributed by atoms with Gasteiger partial charge in [-0.3, -0.25) is 0 Å². The molecule has 0 radical (unpaired) electrons. The molecule has 154 valence electrons. The molecule has 0 spiro atoms. The van der Waals surface area contributed by atoms with Crippen molar-refractivity contribution in [2.24, 2.45) is 0 Å². The van der Waals surface area contributed by atoms with Crippen molar-refractivity contribution in [1.29, 1.82) is 0 Å². The number of hydrogen-bond donors (Lipinski definition) is 2. The summed E-state index contributed by atoms with van der Waals surface area (Å²) in [5.41, 5.74) is 0.751. The SMILES string of the molecule is O=C(Nc1ccc(C(F)(F)F)cc1)N1CC[NH+](Cc2ccc3c(c2)OCO3)CC1. The van der Waals surface area contributed by atoms with Crippen molar-refractivity contribution >= 4 is 11.7 Å². The first-order valence-corrected chi connectivity index (χ1v) is 9.34. The molecule has 0 unspecified atom stereocenters. The zero-order chi connectivity index (χ0) is 20.4. The van der Waals surface area contributed by atoms with E-state index in [2.05, 4.69) is 5.32 Å². The Balaban J connectivity index is 1.27. The number of benzene rings is 2. The van der Waals surface area contributed by atoms with E-state index in [-0.39, 0.29) is 12.8 Å². The molecule has 1 fully saturated rings. The van der Waals surface area contributed by atoms with E-state index in [0.717, 1.165) is 48.8 Å². The molecule has 2 aromatic carbocycles. The van der Waals surface area contributed by atoms with Crippen LogP contribution in [0.1, 0.15) is 11.1 Å². The van der Waals surface area contributed by atoms with Gasteiger partial charge in [-0.15, -0.1) is 0 Å². The molecule has 4 rings (SSSR count). The fourth-order valence-electron chi connectivity index (χ4n) is 3.49. The van der Waals surface area contributed by atoms with Gasteiger partial charge in [0, 0.05) is 11.3 Å². The van der Waals surface area contributed by atoms with E-state index in [1.165, 1.54) is 17.0 Å². The summed E-state index contributed by atoms with van der Waals surface area (Å²) in [5, 5.41) is 2.66. The molecule has 1 saturated heterocycles. The highest BCUT2D eigenvalue weighted by Gasteiger charge is 2.30. The number of nitrogens with one attached hydrogen (secondary N) is 2. The number of hydrogen-bond acceptors (Lipinski definition) is 3. The molecular formula is C20H21F3N3O3+. The molecule has 0 atom stereocenters. The van der Waals surface area contributed by atoms with Gasteiger partial charge in [0.05, 0.1) is 31.7 Å². The largest absolute Gasteiger partial charge is 0.454 e. The van der Waals surface area contributed by atoms with Crippen LogP contribution in [-0.2, 0) is 12.7 Å². The third-order valence-corrected chi connectivity index (χ3v) is 5.11. The van der Waals surface area contributed by atoms with Crippen LogP contribution in [0.15, 0.2) is 42.5 Å². The molecule has 2 amide bonds. The monoisotopic (exact) mass is 408 g/mol. The molecule has 29 heavy (non-hydrogen) atoms. The Morgan fingerprint density at radius 2 is 1.72 bits per heavy atom. The molecule has 0 bridgehead atoms. The van der Waals surface area contributed by atoms with Crippen molar-refractivity contribution in [3.05, 3.63) is 53.6 Å². The van der Waals surface area contributed by atoms with Crippen molar-refractivity contribution in [3.63, 3.8) is 0 Å². The van der Waals surface area contributed by atoms with Gasteiger partial charge in [0.2, 0.25) is 6.79 Å². The predicted octanol–water partition coefficient (Wildman–Crippen LogP) is 2.37. The van der Waals surface area contributed by atoms with Gasteiger partial charge in [-0.05, 0) is 42.5 Å². The van der Waals surface area contributed by atoms with E-state index < -0.39 is 11.7 Å². The second kappa shape index (κ2) is 7.82. The molecule has 2 heterocycles. The van der Waals surface area contributed by atoms with E-state index in [9.17, 15) is 18.0 Å². The summed E-state index contributed by atoms with van der Waals surface area (Å²) >= 11 is 0. The number of nitrogens with zero attached hydrogens (tertiary/aromatic N) is 1. The molecule has 0 saturated carbocycles. The van der Waals surface area contributed by atoms with Crippen molar-refractivity contribution in [1.82, 2.24) is 4.90 Å². The quantitative estimate of drug-likeness (QED) is 0.820. The molecule has 2 aliphatic rings. The molecule has 0 aliphatic carbocycles. The average Bonchev–Trinajstić information content (AvgIpc) is 3.16. The van der Waals surface area contributed by atoms with Gasteiger partial charge in [0.1, 0.15) is 6.54 Å². The van der Waals surface area contributed by atoms with Crippen molar-refractivity contribution in [3.8, 4) is 11.5 Å². The molecule has 2 N–H and O–H groups in total. The maximum Gasteiger partial charge on any atom is 0.416 e. The Bertz CT molecular complexity index is 879. The van der Waals surface area contributed by atoms with Crippen LogP contribution in [0, 0.1) is 0 Å². The van der Waals surface area contributed by atoms with Crippen LogP contribution >= 0.6 is 0 Å². The Morgan fingerprint density at radius 1 is 1.03 bits per heavy atom. The number of urea groups is 1. The first kappa shape index (κ1) is 19.4. The standard InChI is InChI=1S/C20H20F3N3O3/c21-20(22,23)15-2-4-16(5-3-15)24-19(27)26-9-7-25(8-10-26)12-14-1-6-17-18(11-14)29-13-28-17/h1-6,11H,7-10,12-13H2,(H,24,27)/p+1. The van der Waals surface area contributed by atoms with Crippen LogP contribution in [0.4, 0.5) is 23.7 Å². The van der Waals surface area contributed by atoms with Crippen LogP contribution in [0.2, 0.25) is 0 Å². The first-order valence-electron chi connectivity index (χ1n) is 9.34. The summed E-state index contributed by atoms with van der Waals surface area (Å²) in [5.74, 6) is 1.52. The predicted molar refractivity (Wildman–Crippen MR) is 99.0 cm³/mol. The number of piperazine rings is 1. The third-order valence-electron chi connectivity index (χ3n) is 5.11. The van der Waals surface area contributed by atoms with Crippen LogP contribution in [0.3, 0.4) is 0 Å². The molecule has 0 aromatic heterocycles. The van der Waals surface area contributed by atoms with Crippen LogP contribution in [0.5, 0.6) is 11.5 Å². The zero-order valence-electron chi connectivity index (χ0n) is 15.6. The number of rotatable bonds is 3. The normalized spacial score (nSPS) is 16.7. The number of alkyl halides is 3. The number of quaternary nitrogens is 1. The lowest BCUT2D eigenvalue weighted by Gasteiger charge is -2.32. The smallest absolute Gasteiger partial charge is 0.416 e. The van der Waals surface area contributed by atoms with Crippen LogP contribution in [0.25, 0.3) is 0 Å². The minimum Gasteiger partial charge on any atom is -0.454 e. The lowest BCUT2D eigenvalue weighted by molar-refractivity contribution is -0.917. The summed E-state index contributed by atoms with van der Waals surface area (Å²) in [6.07, 6.45) is -4.39. The van der Waals surface area contributed by atoms with Crippen LogP contribution < -0.4 is 19.7 Å². The molecule has 9 heteroatoms. The minimum atomic E-state index is -4.39. The average molecular weight is 408 g/mol. The maximum atomic E-state index is 12.6. The van der Waals surface area contributed by atoms with Gasteiger partial charge in [-0.1, -0.05) is 0 Å². The number of ether oxygens (including phenoxy) is 2. The van der Waals surface area contributed by atoms with Crippen molar-refractivity contribution in [2.45, 2.75) is 12.7 Å². The first-order chi connectivity index (χ1) is 13.9. The topological polar surface area (TPSA) is 55.2 Å². The number of carbonyl (C=O) groups is 1. The third kappa shape index (κ3) is 4.56. The Labute approximate surface area is 165 Å². The lowest BCUT2D eigenvalue weighted by atomic mass is 10.1. The van der Waals surface area contributed by atoms with Crippen molar-refractivity contribution < 1.29 is 32.3 Å². The maximum absolute atomic E-state index is 12.6. The van der Waals surface area contributed by atoms with Crippen LogP contribution in [-0.4, -0.2) is 43.9 Å². The summed E-state index contributed by atoms with van der Waals surface area (Å²) in [4.78, 5) is 15.4. The second-order valence-electron chi connectivity index (χ2n) is 7.11. The van der Waals surface area contributed by atoms with E-state index >= 15 is 0 Å². The fraction of sp³-hybridized carbons (Fsp3) is 0.350. The highest BCUT2D eigenvalue weighted by Crippen LogP contribution is 2.32. The number of anilines is 1. The Morgan fingerprint density at radius 3 is 2.41 bits per heavy atom. The van der Waals surface area contributed by atoms with Gasteiger partial charge in [-0.2, -0.15) is 13.2 Å². The minimum absolute atomic E-state index is 0.248. The fourth-order valence-corrected chi connectivity index (χ4v) is 3.49. The second-order valence-corrected chi connectivity index (χ2v) is 7.11. The molecule has 6 nitrogen and oxygen atoms in total. The number of fused-ring (bicyclic) bond motifs is 1. The van der Waals surface area contributed by atoms with E-state index in [4.69, 9.17) is 9.47 Å². The van der Waals surface area contributed by atoms with E-state index in [1.54, 1.807) is 4.90 Å². The zero-order valence-corrected chi connectivity index (χ0v) is 15.6. The Kier molecular flexibility index (Phi) is 5.23. The van der Waals surface area contributed by atoms with Crippen molar-refractivity contribution in [2.75, 3.05) is 38.3 Å². The van der Waals surface area contributed by atoms with Gasteiger partial charge in [0.15, 0.2) is 11.5 Å². The number of amides is 2. The molecular weight excluding hydrogens is 387 g/mol. The lowest BCUT2D eigenvalue weighted by Crippen LogP contribution is -3.13. The summed E-state index contributed by atoms with van der Waals surface area (Å²) < 4.78 is 48.6. The van der Waals surface area contributed by atoms with Gasteiger partial charge >= 0.3 is 12.2 Å². The van der Waals surface area contributed by atoms with E-state index in [0.29, 0.717) is 18.8 Å². The summed E-state index contributed by atoms with van der Waals surface area (Å²) in [6, 6.07) is 10.1. The summed E-state index contributed by atoms with van der Waals surface area (Å²) in [7, 11) is 0. The highest BCUT2D eigenvalue weighted by molar-refractivity contribution is 5.89. The van der Waals surface area contributed by atoms with Gasteiger partial charge in [0.25, 0.3) is 0 Å². The number of halogens is 3. The van der Waals surface area contributed by atoms with Gasteiger partial charge < -0.3 is 24.6 Å². The number of carbonyl (C=O) groups excluding carboxylic acids is 1. The molecule has 2 aromatic rings. The molecule has 2 aliphatic heterocycles. The summed E-state index contributed by atoms with van der Waals surface area (Å²) in [6.45, 7) is 3.80. The Hall–Kier alpha value is -2.94. The van der Waals surface area contributed by atoms with Gasteiger partial charge in [-0.25, -0.2) is 4.79 Å². The highest BCUT2D eigenvalue weighted by atomic mass is 19.4.